The number of carbonyl (C=O) groups is 1. The van der Waals surface area contributed by atoms with Crippen LogP contribution in [-0.4, -0.2) is 87.8 Å². The zero-order valence-corrected chi connectivity index (χ0v) is 14.8. The van der Waals surface area contributed by atoms with Crippen LogP contribution in [-0.2, 0) is 14.3 Å². The van der Waals surface area contributed by atoms with Gasteiger partial charge in [0.2, 0.25) is 0 Å². The van der Waals surface area contributed by atoms with E-state index in [9.17, 15) is 13.2 Å². The number of amides is 1. The van der Waals surface area contributed by atoms with E-state index in [0.29, 0.717) is 18.8 Å². The topological polar surface area (TPSA) is 83.0 Å². The molecule has 3 heterocycles. The van der Waals surface area contributed by atoms with Gasteiger partial charge in [-0.1, -0.05) is 0 Å². The smallest absolute Gasteiger partial charge is 0.273 e. The van der Waals surface area contributed by atoms with Crippen LogP contribution in [0, 0.1) is 0 Å². The summed E-state index contributed by atoms with van der Waals surface area (Å²) in [6, 6.07) is 0. The molecule has 2 saturated heterocycles. The van der Waals surface area contributed by atoms with Crippen molar-refractivity contribution in [1.82, 2.24) is 14.8 Å². The number of hydrogen-bond acceptors (Lipinski definition) is 8. The van der Waals surface area contributed by atoms with E-state index in [4.69, 9.17) is 4.18 Å². The number of nitrogens with zero attached hydrogens (tertiary/aromatic N) is 4. The first-order valence-electron chi connectivity index (χ1n) is 7.38. The van der Waals surface area contributed by atoms with Crippen LogP contribution in [0.5, 0.6) is 0 Å². The second-order valence-corrected chi connectivity index (χ2v) is 8.38. The molecule has 1 aromatic heterocycles. The number of piperazine rings is 1. The first kappa shape index (κ1) is 16.6. The van der Waals surface area contributed by atoms with Crippen molar-refractivity contribution in [1.29, 1.82) is 0 Å². The van der Waals surface area contributed by atoms with Crippen molar-refractivity contribution in [3.63, 3.8) is 0 Å². The summed E-state index contributed by atoms with van der Waals surface area (Å²) in [5.41, 5.74) is 0.460. The third-order valence-electron chi connectivity index (χ3n) is 3.93. The molecule has 0 atom stereocenters. The zero-order chi connectivity index (χ0) is 16.6. The fraction of sp³-hybridized carbons (Fsp3) is 0.692. The lowest BCUT2D eigenvalue weighted by Crippen LogP contribution is -2.53. The van der Waals surface area contributed by atoms with Crippen LogP contribution in [0.3, 0.4) is 0 Å². The second-order valence-electron chi connectivity index (χ2n) is 5.94. The van der Waals surface area contributed by atoms with Crippen LogP contribution in [0.1, 0.15) is 10.5 Å². The van der Waals surface area contributed by atoms with Crippen molar-refractivity contribution >= 4 is 32.5 Å². The van der Waals surface area contributed by atoms with Gasteiger partial charge in [-0.2, -0.15) is 8.42 Å². The SMILES string of the molecule is CN1CCN(C(=O)c2csc(N3CC(OS(C)(=O)=O)C3)n2)CC1. The normalized spacial score (nSPS) is 20.6. The van der Waals surface area contributed by atoms with Gasteiger partial charge < -0.3 is 14.7 Å². The van der Waals surface area contributed by atoms with E-state index in [1.165, 1.54) is 11.3 Å². The maximum atomic E-state index is 12.4. The summed E-state index contributed by atoms with van der Waals surface area (Å²) >= 11 is 1.40. The van der Waals surface area contributed by atoms with Crippen LogP contribution in [0.15, 0.2) is 5.38 Å². The first-order valence-corrected chi connectivity index (χ1v) is 10.1. The Hall–Kier alpha value is -1.23. The summed E-state index contributed by atoms with van der Waals surface area (Å²) in [6.45, 7) is 4.14. The average Bonchev–Trinajstić information content (AvgIpc) is 2.90. The van der Waals surface area contributed by atoms with Crippen molar-refractivity contribution in [2.24, 2.45) is 0 Å². The minimum absolute atomic E-state index is 0.0370. The number of aromatic nitrogens is 1. The minimum Gasteiger partial charge on any atom is -0.343 e. The molecule has 0 bridgehead atoms. The third-order valence-corrected chi connectivity index (χ3v) is 5.45. The molecule has 0 spiro atoms. The lowest BCUT2D eigenvalue weighted by Gasteiger charge is -2.37. The van der Waals surface area contributed by atoms with Gasteiger partial charge in [0.25, 0.3) is 16.0 Å². The molecule has 8 nitrogen and oxygen atoms in total. The van der Waals surface area contributed by atoms with Gasteiger partial charge >= 0.3 is 0 Å². The molecule has 3 rings (SSSR count). The number of hydrogen-bond donors (Lipinski definition) is 0. The Balaban J connectivity index is 1.56. The fourth-order valence-electron chi connectivity index (χ4n) is 2.58. The largest absolute Gasteiger partial charge is 0.343 e. The second kappa shape index (κ2) is 6.34. The predicted octanol–water partition coefficient (Wildman–Crippen LogP) is -0.304. The summed E-state index contributed by atoms with van der Waals surface area (Å²) in [7, 11) is -1.38. The fourth-order valence-corrected chi connectivity index (χ4v) is 4.02. The van der Waals surface area contributed by atoms with Crippen LogP contribution >= 0.6 is 11.3 Å². The monoisotopic (exact) mass is 360 g/mol. The molecule has 0 saturated carbocycles. The predicted molar refractivity (Wildman–Crippen MR) is 87.4 cm³/mol. The van der Waals surface area contributed by atoms with Gasteiger partial charge in [0.1, 0.15) is 11.8 Å². The van der Waals surface area contributed by atoms with Crippen molar-refractivity contribution in [2.75, 3.05) is 57.5 Å². The van der Waals surface area contributed by atoms with Gasteiger partial charge in [0, 0.05) is 44.6 Å². The molecule has 1 aromatic rings. The van der Waals surface area contributed by atoms with Gasteiger partial charge in [-0.15, -0.1) is 11.3 Å². The molecule has 128 valence electrons. The van der Waals surface area contributed by atoms with Crippen molar-refractivity contribution in [3.8, 4) is 0 Å². The lowest BCUT2D eigenvalue weighted by molar-refractivity contribution is 0.0659. The van der Waals surface area contributed by atoms with Gasteiger partial charge in [-0.3, -0.25) is 8.98 Å². The van der Waals surface area contributed by atoms with Crippen molar-refractivity contribution in [3.05, 3.63) is 11.1 Å². The molecule has 0 N–H and O–H groups in total. The molecule has 0 aliphatic carbocycles. The third kappa shape index (κ3) is 4.00. The van der Waals surface area contributed by atoms with Crippen LogP contribution in [0.4, 0.5) is 5.13 Å². The number of likely N-dealkylation sites (N-methyl/N-ethyl adjacent to an activating group) is 1. The maximum absolute atomic E-state index is 12.4. The molecule has 2 aliphatic heterocycles. The summed E-state index contributed by atoms with van der Waals surface area (Å²) in [4.78, 5) is 22.8. The molecule has 0 radical (unpaired) electrons. The number of carbonyl (C=O) groups excluding carboxylic acids is 1. The summed E-state index contributed by atoms with van der Waals surface area (Å²) in [5.74, 6) is -0.0370. The van der Waals surface area contributed by atoms with E-state index in [0.717, 1.165) is 37.6 Å². The van der Waals surface area contributed by atoms with E-state index in [1.807, 2.05) is 16.8 Å². The Morgan fingerprint density at radius 3 is 2.57 bits per heavy atom. The first-order chi connectivity index (χ1) is 10.8. The van der Waals surface area contributed by atoms with E-state index in [-0.39, 0.29) is 12.0 Å². The summed E-state index contributed by atoms with van der Waals surface area (Å²) < 4.78 is 27.0. The Kier molecular flexibility index (Phi) is 4.59. The highest BCUT2D eigenvalue weighted by Crippen LogP contribution is 2.27. The Morgan fingerprint density at radius 2 is 1.96 bits per heavy atom. The van der Waals surface area contributed by atoms with E-state index in [2.05, 4.69) is 9.88 Å². The standard InChI is InChI=1S/C13H20N4O4S2/c1-15-3-5-16(6-4-15)12(18)11-9-22-13(14-11)17-7-10(8-17)21-23(2,19)20/h9-10H,3-8H2,1-2H3. The minimum atomic E-state index is -3.43. The molecular weight excluding hydrogens is 340 g/mol. The Bertz CT molecular complexity index is 676. The number of anilines is 1. The molecule has 2 aliphatic rings. The summed E-state index contributed by atoms with van der Waals surface area (Å²) in [5, 5.41) is 2.50. The Labute approximate surface area is 139 Å². The molecule has 2 fully saturated rings. The Morgan fingerprint density at radius 1 is 1.30 bits per heavy atom. The van der Waals surface area contributed by atoms with E-state index >= 15 is 0 Å². The molecule has 0 unspecified atom stereocenters. The highest BCUT2D eigenvalue weighted by atomic mass is 32.2. The highest BCUT2D eigenvalue weighted by Gasteiger charge is 2.33. The van der Waals surface area contributed by atoms with Crippen LogP contribution in [0.25, 0.3) is 0 Å². The van der Waals surface area contributed by atoms with Crippen LogP contribution in [0.2, 0.25) is 0 Å². The number of thiazole rings is 1. The molecule has 23 heavy (non-hydrogen) atoms. The summed E-state index contributed by atoms with van der Waals surface area (Å²) in [6.07, 6.45) is 0.719. The van der Waals surface area contributed by atoms with Crippen LogP contribution < -0.4 is 4.90 Å². The zero-order valence-electron chi connectivity index (χ0n) is 13.1. The quantitative estimate of drug-likeness (QED) is 0.682. The number of rotatable bonds is 4. The molecule has 10 heteroatoms. The van der Waals surface area contributed by atoms with Crippen molar-refractivity contribution in [2.45, 2.75) is 6.10 Å². The van der Waals surface area contributed by atoms with Gasteiger partial charge in [0.15, 0.2) is 5.13 Å². The molecule has 1 amide bonds. The van der Waals surface area contributed by atoms with E-state index < -0.39 is 10.1 Å². The van der Waals surface area contributed by atoms with Gasteiger partial charge in [-0.05, 0) is 7.05 Å². The molecular formula is C13H20N4O4S2. The molecule has 0 aromatic carbocycles. The van der Waals surface area contributed by atoms with Gasteiger partial charge in [0.05, 0.1) is 6.26 Å². The van der Waals surface area contributed by atoms with Gasteiger partial charge in [-0.25, -0.2) is 4.98 Å². The average molecular weight is 360 g/mol. The van der Waals surface area contributed by atoms with E-state index in [1.54, 1.807) is 5.38 Å². The highest BCUT2D eigenvalue weighted by molar-refractivity contribution is 7.86. The lowest BCUT2D eigenvalue weighted by atomic mass is 10.2. The maximum Gasteiger partial charge on any atom is 0.273 e. The van der Waals surface area contributed by atoms with Crippen molar-refractivity contribution < 1.29 is 17.4 Å².